The van der Waals surface area contributed by atoms with E-state index >= 15 is 0 Å². The zero-order valence-electron chi connectivity index (χ0n) is 25.8. The molecule has 9 aromatic rings. The van der Waals surface area contributed by atoms with Crippen LogP contribution in [-0.2, 0) is 0 Å². The molecule has 0 unspecified atom stereocenters. The normalized spacial score (nSPS) is 11.4. The predicted molar refractivity (Wildman–Crippen MR) is 202 cm³/mol. The first-order valence-corrected chi connectivity index (χ1v) is 16.2. The number of anilines is 3. The summed E-state index contributed by atoms with van der Waals surface area (Å²) >= 11 is 0. The highest BCUT2D eigenvalue weighted by Crippen LogP contribution is 2.41. The van der Waals surface area contributed by atoms with Crippen LogP contribution in [0.4, 0.5) is 17.1 Å². The summed E-state index contributed by atoms with van der Waals surface area (Å²) in [5.74, 6) is 0. The molecule has 9 aromatic carbocycles. The number of fused-ring (bicyclic) bond motifs is 5. The van der Waals surface area contributed by atoms with Gasteiger partial charge in [-0.25, -0.2) is 0 Å². The lowest BCUT2D eigenvalue weighted by atomic mass is 9.93. The van der Waals surface area contributed by atoms with Crippen molar-refractivity contribution in [2.75, 3.05) is 4.90 Å². The van der Waals surface area contributed by atoms with E-state index in [2.05, 4.69) is 193 Å². The van der Waals surface area contributed by atoms with Crippen LogP contribution in [0.2, 0.25) is 0 Å². The van der Waals surface area contributed by atoms with Gasteiger partial charge < -0.3 is 4.90 Å². The van der Waals surface area contributed by atoms with Crippen LogP contribution >= 0.6 is 0 Å². The quantitative estimate of drug-likeness (QED) is 0.178. The van der Waals surface area contributed by atoms with Gasteiger partial charge in [0.2, 0.25) is 0 Å². The van der Waals surface area contributed by atoms with Crippen molar-refractivity contribution in [3.05, 3.63) is 188 Å². The summed E-state index contributed by atoms with van der Waals surface area (Å²) in [6.45, 7) is 0. The molecule has 0 aliphatic heterocycles. The first kappa shape index (κ1) is 27.2. The van der Waals surface area contributed by atoms with Crippen molar-refractivity contribution in [1.82, 2.24) is 0 Å². The molecule has 0 spiro atoms. The lowest BCUT2D eigenvalue weighted by Crippen LogP contribution is -2.10. The highest BCUT2D eigenvalue weighted by atomic mass is 15.1. The molecular weight excluding hydrogens is 567 g/mol. The van der Waals surface area contributed by atoms with E-state index in [1.54, 1.807) is 0 Å². The molecule has 9 rings (SSSR count). The van der Waals surface area contributed by atoms with Gasteiger partial charge in [0, 0.05) is 17.1 Å². The van der Waals surface area contributed by atoms with Gasteiger partial charge in [-0.05, 0) is 108 Å². The van der Waals surface area contributed by atoms with Crippen molar-refractivity contribution < 1.29 is 0 Å². The maximum Gasteiger partial charge on any atom is 0.0468 e. The molecule has 0 aliphatic carbocycles. The van der Waals surface area contributed by atoms with Gasteiger partial charge in [0.25, 0.3) is 0 Å². The van der Waals surface area contributed by atoms with E-state index in [1.165, 1.54) is 65.3 Å². The van der Waals surface area contributed by atoms with E-state index in [9.17, 15) is 0 Å². The van der Waals surface area contributed by atoms with Gasteiger partial charge in [-0.2, -0.15) is 0 Å². The molecule has 0 aromatic heterocycles. The summed E-state index contributed by atoms with van der Waals surface area (Å²) in [7, 11) is 0. The molecule has 0 atom stereocenters. The summed E-state index contributed by atoms with van der Waals surface area (Å²) in [4.78, 5) is 2.38. The van der Waals surface area contributed by atoms with Crippen molar-refractivity contribution in [2.24, 2.45) is 0 Å². The molecule has 0 aliphatic rings. The average molecular weight is 598 g/mol. The van der Waals surface area contributed by atoms with Crippen molar-refractivity contribution in [2.45, 2.75) is 0 Å². The molecule has 0 amide bonds. The van der Waals surface area contributed by atoms with Gasteiger partial charge in [0.1, 0.15) is 0 Å². The number of nitrogens with zero attached hydrogens (tertiary/aromatic N) is 1. The fourth-order valence-corrected chi connectivity index (χ4v) is 7.14. The number of rotatable bonds is 5. The Kier molecular flexibility index (Phi) is 6.54. The lowest BCUT2D eigenvalue weighted by molar-refractivity contribution is 1.29. The second kappa shape index (κ2) is 11.3. The van der Waals surface area contributed by atoms with Crippen LogP contribution in [0, 0.1) is 0 Å². The Bertz CT molecular complexity index is 2570. The molecule has 1 nitrogen and oxygen atoms in total. The molecule has 0 N–H and O–H groups in total. The zero-order valence-corrected chi connectivity index (χ0v) is 25.8. The zero-order chi connectivity index (χ0) is 31.2. The maximum absolute atomic E-state index is 2.38. The van der Waals surface area contributed by atoms with E-state index in [-0.39, 0.29) is 0 Å². The summed E-state index contributed by atoms with van der Waals surface area (Å²) in [5, 5.41) is 10.1. The monoisotopic (exact) mass is 597 g/mol. The number of benzene rings is 9. The first-order chi connectivity index (χ1) is 23.3. The molecule has 0 saturated heterocycles. The lowest BCUT2D eigenvalue weighted by Gasteiger charge is -2.27. The van der Waals surface area contributed by atoms with Crippen LogP contribution in [0.25, 0.3) is 65.3 Å². The smallest absolute Gasteiger partial charge is 0.0468 e. The highest BCUT2D eigenvalue weighted by molar-refractivity contribution is 6.14. The minimum atomic E-state index is 1.12. The maximum atomic E-state index is 2.38. The summed E-state index contributed by atoms with van der Waals surface area (Å²) in [6.07, 6.45) is 0. The van der Waals surface area contributed by atoms with Crippen molar-refractivity contribution >= 4 is 60.2 Å². The van der Waals surface area contributed by atoms with Gasteiger partial charge in [0.05, 0.1) is 0 Å². The molecule has 47 heavy (non-hydrogen) atoms. The van der Waals surface area contributed by atoms with Crippen molar-refractivity contribution in [1.29, 1.82) is 0 Å². The summed E-state index contributed by atoms with van der Waals surface area (Å²) in [5.41, 5.74) is 8.26. The summed E-state index contributed by atoms with van der Waals surface area (Å²) in [6, 6.07) is 68.3. The Hall–Kier alpha value is -6.18. The van der Waals surface area contributed by atoms with Crippen molar-refractivity contribution in [3.63, 3.8) is 0 Å². The van der Waals surface area contributed by atoms with Crippen LogP contribution in [0.3, 0.4) is 0 Å². The van der Waals surface area contributed by atoms with Gasteiger partial charge in [-0.3, -0.25) is 0 Å². The van der Waals surface area contributed by atoms with E-state index in [4.69, 9.17) is 0 Å². The van der Waals surface area contributed by atoms with Gasteiger partial charge in [0.15, 0.2) is 0 Å². The van der Waals surface area contributed by atoms with Crippen LogP contribution in [-0.4, -0.2) is 0 Å². The Morgan fingerprint density at radius 1 is 0.255 bits per heavy atom. The number of hydrogen-bond donors (Lipinski definition) is 0. The Labute approximate surface area is 274 Å². The number of hydrogen-bond acceptors (Lipinski definition) is 1. The van der Waals surface area contributed by atoms with E-state index < -0.39 is 0 Å². The van der Waals surface area contributed by atoms with E-state index in [0.29, 0.717) is 0 Å². The fourth-order valence-electron chi connectivity index (χ4n) is 7.14. The highest BCUT2D eigenvalue weighted by Gasteiger charge is 2.16. The van der Waals surface area contributed by atoms with Crippen LogP contribution in [0.1, 0.15) is 0 Å². The van der Waals surface area contributed by atoms with E-state index in [1.807, 2.05) is 0 Å². The molecule has 1 heteroatoms. The molecule has 0 fully saturated rings. The van der Waals surface area contributed by atoms with Crippen LogP contribution in [0.15, 0.2) is 188 Å². The minimum absolute atomic E-state index is 1.12. The standard InChI is InChI=1S/C46H31N/c1-2-13-35-29-40(28-23-32(35)11-1)47(38-26-24-34(25-27-38)42-22-10-15-33-12-3-5-18-41(33)42)39-17-9-16-36(30-39)46-31-37-14-4-6-19-43(37)44-20-7-8-21-45(44)46/h1-31H. The second-order valence-corrected chi connectivity index (χ2v) is 12.2. The average Bonchev–Trinajstić information content (AvgIpc) is 3.15. The molecular formula is C46H31N. The Morgan fingerprint density at radius 2 is 0.851 bits per heavy atom. The molecule has 0 saturated carbocycles. The Morgan fingerprint density at radius 3 is 1.68 bits per heavy atom. The largest absolute Gasteiger partial charge is 0.310 e. The van der Waals surface area contributed by atoms with Crippen LogP contribution in [0.5, 0.6) is 0 Å². The topological polar surface area (TPSA) is 3.24 Å². The molecule has 0 radical (unpaired) electrons. The van der Waals surface area contributed by atoms with Gasteiger partial charge in [-0.1, -0.05) is 146 Å². The Balaban J connectivity index is 1.21. The van der Waals surface area contributed by atoms with Crippen LogP contribution < -0.4 is 4.90 Å². The van der Waals surface area contributed by atoms with E-state index in [0.717, 1.165) is 17.1 Å². The minimum Gasteiger partial charge on any atom is -0.310 e. The second-order valence-electron chi connectivity index (χ2n) is 12.2. The predicted octanol–water partition coefficient (Wildman–Crippen LogP) is 13.1. The van der Waals surface area contributed by atoms with Crippen molar-refractivity contribution in [3.8, 4) is 22.3 Å². The molecule has 0 heterocycles. The van der Waals surface area contributed by atoms with Gasteiger partial charge in [-0.15, -0.1) is 0 Å². The molecule has 220 valence electrons. The summed E-state index contributed by atoms with van der Waals surface area (Å²) < 4.78 is 0. The fraction of sp³-hybridized carbons (Fsp3) is 0. The molecule has 0 bridgehead atoms. The third kappa shape index (κ3) is 4.81. The third-order valence-electron chi connectivity index (χ3n) is 9.40. The first-order valence-electron chi connectivity index (χ1n) is 16.2. The SMILES string of the molecule is c1cc(-c2cc3ccccc3c3ccccc23)cc(N(c2ccc(-c3cccc4ccccc34)cc2)c2ccc3ccccc3c2)c1. The third-order valence-corrected chi connectivity index (χ3v) is 9.40. The van der Waals surface area contributed by atoms with Gasteiger partial charge >= 0.3 is 0 Å².